The molecule has 1 saturated heterocycles. The molecule has 2 rings (SSSR count). The van der Waals surface area contributed by atoms with Gasteiger partial charge in [-0.3, -0.25) is 43.3 Å². The standard InChI is InChI=1S/C42H64N6O10S/c1-24(2)29(47(10)39(56)35(41(4,5)6)46-37(54)34(44-9)42(7,8)26-15-12-11-13-16-26)21-25(3)36(53)45-28(18-19-33(51)52)30(49)17-14-20-48-32(50)22-31(38(48)55)59-23-27(43)40(57)58/h11-13,15-16,21,24,27-29,31,34-35,44H,14,17-20,22-23,43H2,1-10H3,(H,45,53)(H,46,54)(H,51,52)(H,57,58)/b25-21+/t27-,28-,29+,31?,34+,35+/m0/s1. The number of carbonyl (C=O) groups is 8. The number of Topliss-reactive ketones (excluding diaryl/α,β-unsaturated/α-hetero) is 1. The fourth-order valence-corrected chi connectivity index (χ4v) is 8.02. The van der Waals surface area contributed by atoms with Crippen LogP contribution in [0.5, 0.6) is 0 Å². The summed E-state index contributed by atoms with van der Waals surface area (Å²) in [5.74, 6) is -5.49. The third-order valence-corrected chi connectivity index (χ3v) is 11.9. The molecule has 16 nitrogen and oxygen atoms in total. The molecular weight excluding hydrogens is 781 g/mol. The van der Waals surface area contributed by atoms with Crippen LogP contribution in [0.1, 0.15) is 93.1 Å². The number of hydrogen-bond acceptors (Lipinski definition) is 11. The number of carboxylic acid groups (broad SMARTS) is 2. The number of thioether (sulfide) groups is 1. The van der Waals surface area contributed by atoms with E-state index in [-0.39, 0.29) is 61.3 Å². The van der Waals surface area contributed by atoms with Gasteiger partial charge in [-0.1, -0.05) is 84.9 Å². The number of nitrogens with zero attached hydrogens (tertiary/aromatic N) is 2. The molecule has 1 aliphatic rings. The lowest BCUT2D eigenvalue weighted by Crippen LogP contribution is -2.61. The van der Waals surface area contributed by atoms with Crippen molar-refractivity contribution >= 4 is 59.0 Å². The Labute approximate surface area is 351 Å². The third kappa shape index (κ3) is 14.3. The van der Waals surface area contributed by atoms with Gasteiger partial charge in [0.1, 0.15) is 12.1 Å². The molecule has 0 spiro atoms. The molecule has 59 heavy (non-hydrogen) atoms. The van der Waals surface area contributed by atoms with Gasteiger partial charge in [0.05, 0.1) is 23.4 Å². The number of imide groups is 1. The predicted molar refractivity (Wildman–Crippen MR) is 225 cm³/mol. The Bertz CT molecular complexity index is 1730. The minimum atomic E-state index is -1.23. The van der Waals surface area contributed by atoms with E-state index in [2.05, 4.69) is 16.0 Å². The van der Waals surface area contributed by atoms with Crippen molar-refractivity contribution in [2.75, 3.05) is 26.4 Å². The van der Waals surface area contributed by atoms with Crippen LogP contribution in [0.15, 0.2) is 42.0 Å². The molecule has 1 heterocycles. The molecule has 1 aliphatic heterocycles. The second kappa shape index (κ2) is 22.1. The summed E-state index contributed by atoms with van der Waals surface area (Å²) >= 11 is 0.981. The van der Waals surface area contributed by atoms with Gasteiger partial charge in [-0.15, -0.1) is 11.8 Å². The van der Waals surface area contributed by atoms with Crippen LogP contribution in [0.3, 0.4) is 0 Å². The van der Waals surface area contributed by atoms with Gasteiger partial charge in [-0.05, 0) is 43.7 Å². The maximum atomic E-state index is 14.3. The topological polar surface area (TPSA) is 246 Å². The van der Waals surface area contributed by atoms with Gasteiger partial charge >= 0.3 is 11.9 Å². The van der Waals surface area contributed by atoms with Crippen molar-refractivity contribution in [3.05, 3.63) is 47.5 Å². The summed E-state index contributed by atoms with van der Waals surface area (Å²) in [6.45, 7) is 14.7. The molecule has 0 aromatic heterocycles. The molecule has 1 unspecified atom stereocenters. The average Bonchev–Trinajstić information content (AvgIpc) is 3.43. The Morgan fingerprint density at radius 2 is 1.59 bits per heavy atom. The summed E-state index contributed by atoms with van der Waals surface area (Å²) in [5.41, 5.74) is 5.29. The van der Waals surface area contributed by atoms with E-state index in [1.807, 2.05) is 78.8 Å². The van der Waals surface area contributed by atoms with E-state index in [1.54, 1.807) is 20.2 Å². The van der Waals surface area contributed by atoms with E-state index < -0.39 is 88.2 Å². The summed E-state index contributed by atoms with van der Waals surface area (Å²) < 4.78 is 0. The van der Waals surface area contributed by atoms with Crippen LogP contribution < -0.4 is 21.7 Å². The molecule has 0 radical (unpaired) electrons. The van der Waals surface area contributed by atoms with E-state index in [0.717, 1.165) is 22.2 Å². The highest BCUT2D eigenvalue weighted by atomic mass is 32.2. The minimum absolute atomic E-state index is 0.0588. The minimum Gasteiger partial charge on any atom is -0.481 e. The molecule has 328 valence electrons. The van der Waals surface area contributed by atoms with E-state index in [4.69, 9.17) is 10.8 Å². The number of ketones is 1. The second-order valence-electron chi connectivity index (χ2n) is 17.0. The summed E-state index contributed by atoms with van der Waals surface area (Å²) in [6, 6.07) is 4.96. The van der Waals surface area contributed by atoms with Crippen molar-refractivity contribution in [2.24, 2.45) is 17.1 Å². The molecule has 0 bridgehead atoms. The first-order valence-electron chi connectivity index (χ1n) is 19.8. The predicted octanol–water partition coefficient (Wildman–Crippen LogP) is 2.48. The van der Waals surface area contributed by atoms with Gasteiger partial charge in [0, 0.05) is 49.6 Å². The van der Waals surface area contributed by atoms with E-state index in [9.17, 15) is 43.5 Å². The first-order chi connectivity index (χ1) is 27.3. The maximum Gasteiger partial charge on any atom is 0.321 e. The molecule has 0 aliphatic carbocycles. The van der Waals surface area contributed by atoms with Crippen molar-refractivity contribution in [3.8, 4) is 0 Å². The molecule has 1 aromatic carbocycles. The number of amides is 5. The zero-order valence-electron chi connectivity index (χ0n) is 36.0. The Hall–Kier alpha value is -4.61. The molecule has 17 heteroatoms. The molecule has 1 fully saturated rings. The molecule has 1 aromatic rings. The van der Waals surface area contributed by atoms with Crippen LogP contribution in [0.25, 0.3) is 0 Å². The van der Waals surface area contributed by atoms with E-state index in [0.29, 0.717) is 0 Å². The molecule has 0 saturated carbocycles. The number of carboxylic acids is 2. The summed E-state index contributed by atoms with van der Waals surface area (Å²) in [4.78, 5) is 106. The van der Waals surface area contributed by atoms with Gasteiger partial charge in [-0.2, -0.15) is 0 Å². The van der Waals surface area contributed by atoms with Crippen LogP contribution >= 0.6 is 11.8 Å². The van der Waals surface area contributed by atoms with Gasteiger partial charge in [0.25, 0.3) is 0 Å². The fourth-order valence-electron chi connectivity index (χ4n) is 6.91. The zero-order chi connectivity index (χ0) is 45.0. The van der Waals surface area contributed by atoms with Crippen molar-refractivity contribution in [2.45, 2.75) is 128 Å². The Balaban J connectivity index is 2.21. The van der Waals surface area contributed by atoms with Gasteiger partial charge in [0.15, 0.2) is 5.78 Å². The number of hydrogen-bond donors (Lipinski definition) is 6. The second-order valence-corrected chi connectivity index (χ2v) is 18.3. The lowest BCUT2D eigenvalue weighted by molar-refractivity contribution is -0.141. The molecule has 6 atom stereocenters. The lowest BCUT2D eigenvalue weighted by atomic mass is 9.76. The van der Waals surface area contributed by atoms with Crippen molar-refractivity contribution < 1.29 is 48.6 Å². The number of benzene rings is 1. The highest BCUT2D eigenvalue weighted by molar-refractivity contribution is 8.00. The smallest absolute Gasteiger partial charge is 0.321 e. The molecule has 7 N–H and O–H groups in total. The monoisotopic (exact) mass is 844 g/mol. The quantitative estimate of drug-likeness (QED) is 0.0686. The van der Waals surface area contributed by atoms with Crippen LogP contribution in [0, 0.1) is 11.3 Å². The van der Waals surface area contributed by atoms with Crippen LogP contribution in [-0.4, -0.2) is 129 Å². The van der Waals surface area contributed by atoms with Crippen LogP contribution in [0.4, 0.5) is 0 Å². The van der Waals surface area contributed by atoms with Crippen LogP contribution in [-0.2, 0) is 43.8 Å². The van der Waals surface area contributed by atoms with E-state index in [1.165, 1.54) is 11.8 Å². The number of nitrogens with two attached hydrogens (primary N) is 1. The number of likely N-dealkylation sites (tertiary alicyclic amines) is 1. The summed E-state index contributed by atoms with van der Waals surface area (Å²) in [5, 5.41) is 26.4. The largest absolute Gasteiger partial charge is 0.481 e. The summed E-state index contributed by atoms with van der Waals surface area (Å²) in [6.07, 6.45) is 0.751. The number of nitrogens with one attached hydrogen (secondary N) is 3. The van der Waals surface area contributed by atoms with Gasteiger partial charge in [-0.25, -0.2) is 0 Å². The average molecular weight is 845 g/mol. The highest BCUT2D eigenvalue weighted by Crippen LogP contribution is 2.30. The SMILES string of the molecule is CN[C@H](C(=O)N[C@H](C(=O)N(C)[C@H](/C=C(\C)C(=O)N[C@@H](CCC(=O)O)C(=O)CCCN1C(=O)CC(SC[C@H](N)C(=O)O)C1=O)C(C)C)C(C)(C)C)C(C)(C)c1ccccc1. The van der Waals surface area contributed by atoms with Gasteiger partial charge < -0.3 is 36.8 Å². The molecule has 5 amide bonds. The number of rotatable bonds is 23. The van der Waals surface area contributed by atoms with Crippen LogP contribution in [0.2, 0.25) is 0 Å². The summed E-state index contributed by atoms with van der Waals surface area (Å²) in [7, 11) is 3.30. The van der Waals surface area contributed by atoms with Crippen molar-refractivity contribution in [1.29, 1.82) is 0 Å². The Kier molecular flexibility index (Phi) is 18.9. The number of carbonyl (C=O) groups excluding carboxylic acids is 6. The van der Waals surface area contributed by atoms with Gasteiger partial charge in [0.2, 0.25) is 29.5 Å². The fraction of sp³-hybridized carbons (Fsp3) is 0.619. The maximum absolute atomic E-state index is 14.3. The Morgan fingerprint density at radius 1 is 0.983 bits per heavy atom. The lowest BCUT2D eigenvalue weighted by Gasteiger charge is -2.40. The van der Waals surface area contributed by atoms with Crippen molar-refractivity contribution in [3.63, 3.8) is 0 Å². The first-order valence-corrected chi connectivity index (χ1v) is 20.9. The zero-order valence-corrected chi connectivity index (χ0v) is 36.8. The first kappa shape index (κ1) is 50.5. The number of aliphatic carboxylic acids is 2. The van der Waals surface area contributed by atoms with Crippen molar-refractivity contribution in [1.82, 2.24) is 25.8 Å². The highest BCUT2D eigenvalue weighted by Gasteiger charge is 2.42. The molecular formula is C42H64N6O10S. The Morgan fingerprint density at radius 3 is 2.12 bits per heavy atom. The van der Waals surface area contributed by atoms with E-state index >= 15 is 0 Å². The number of likely N-dealkylation sites (N-methyl/N-ethyl adjacent to an activating group) is 2. The normalized spacial score (nSPS) is 17.5. The third-order valence-electron chi connectivity index (χ3n) is 10.6.